The van der Waals surface area contributed by atoms with Gasteiger partial charge in [0.2, 0.25) is 0 Å². The SMILES string of the molecule is BrC1=C(Br)CCC=CCC1.[Ru+2]. The Morgan fingerprint density at radius 2 is 1.27 bits per heavy atom. The minimum Gasteiger partial charge on any atom is -0.0882 e. The van der Waals surface area contributed by atoms with E-state index in [1.165, 1.54) is 8.96 Å². The summed E-state index contributed by atoms with van der Waals surface area (Å²) in [5.41, 5.74) is 0. The van der Waals surface area contributed by atoms with E-state index in [1.807, 2.05) is 0 Å². The standard InChI is InChI=1S/C8H10Br2.Ru/c9-7-5-3-1-2-4-6-8(7)10;/h1-2H,3-6H2;/q;+2. The molecule has 0 saturated heterocycles. The smallest absolute Gasteiger partial charge is 0.0882 e. The average molecular weight is 367 g/mol. The van der Waals surface area contributed by atoms with Crippen LogP contribution in [0.25, 0.3) is 0 Å². The van der Waals surface area contributed by atoms with Crippen LogP contribution in [-0.2, 0) is 19.5 Å². The molecule has 0 nitrogen and oxygen atoms in total. The Bertz CT molecular complexity index is 155. The van der Waals surface area contributed by atoms with Crippen molar-refractivity contribution in [2.75, 3.05) is 0 Å². The van der Waals surface area contributed by atoms with E-state index in [-0.39, 0.29) is 19.5 Å². The van der Waals surface area contributed by atoms with Crippen molar-refractivity contribution in [2.45, 2.75) is 25.7 Å². The number of allylic oxidation sites excluding steroid dienone is 4. The zero-order valence-electron chi connectivity index (χ0n) is 6.09. The van der Waals surface area contributed by atoms with Crippen LogP contribution in [-0.4, -0.2) is 0 Å². The molecule has 11 heavy (non-hydrogen) atoms. The van der Waals surface area contributed by atoms with E-state index in [0.29, 0.717) is 0 Å². The molecule has 0 aromatic rings. The maximum atomic E-state index is 3.54. The Kier molecular flexibility index (Phi) is 7.20. The van der Waals surface area contributed by atoms with Gasteiger partial charge in [0.05, 0.1) is 0 Å². The molecule has 3 heteroatoms. The molecule has 62 valence electrons. The van der Waals surface area contributed by atoms with Crippen LogP contribution in [0.3, 0.4) is 0 Å². The molecule has 0 fully saturated rings. The molecule has 0 aliphatic heterocycles. The summed E-state index contributed by atoms with van der Waals surface area (Å²) in [5.74, 6) is 0. The van der Waals surface area contributed by atoms with Gasteiger partial charge in [-0.15, -0.1) is 0 Å². The van der Waals surface area contributed by atoms with Gasteiger partial charge in [0.25, 0.3) is 0 Å². The van der Waals surface area contributed by atoms with E-state index >= 15 is 0 Å². The summed E-state index contributed by atoms with van der Waals surface area (Å²) in [6.45, 7) is 0. The number of hydrogen-bond donors (Lipinski definition) is 0. The molecule has 0 unspecified atom stereocenters. The first-order valence-electron chi connectivity index (χ1n) is 3.48. The third kappa shape index (κ3) is 4.60. The largest absolute Gasteiger partial charge is 2.00 e. The minimum atomic E-state index is 0. The van der Waals surface area contributed by atoms with Crippen molar-refractivity contribution in [3.63, 3.8) is 0 Å². The molecule has 0 aromatic heterocycles. The summed E-state index contributed by atoms with van der Waals surface area (Å²) < 4.78 is 2.66. The van der Waals surface area contributed by atoms with E-state index < -0.39 is 0 Å². The van der Waals surface area contributed by atoms with Crippen molar-refractivity contribution >= 4 is 31.9 Å². The van der Waals surface area contributed by atoms with Gasteiger partial charge in [-0.05, 0) is 25.7 Å². The molecule has 0 bridgehead atoms. The number of halogens is 2. The van der Waals surface area contributed by atoms with Crippen molar-refractivity contribution in [2.24, 2.45) is 0 Å². The Hall–Kier alpha value is 1.06. The summed E-state index contributed by atoms with van der Waals surface area (Å²) in [6, 6.07) is 0. The van der Waals surface area contributed by atoms with E-state index in [0.717, 1.165) is 25.7 Å². The van der Waals surface area contributed by atoms with Crippen LogP contribution in [0.1, 0.15) is 25.7 Å². The van der Waals surface area contributed by atoms with Gasteiger partial charge in [0.15, 0.2) is 0 Å². The van der Waals surface area contributed by atoms with Crippen LogP contribution >= 0.6 is 31.9 Å². The molecule has 0 heterocycles. The van der Waals surface area contributed by atoms with Crippen LogP contribution in [0.4, 0.5) is 0 Å². The van der Waals surface area contributed by atoms with Crippen LogP contribution in [0, 0.1) is 0 Å². The molecule has 0 atom stereocenters. The second kappa shape index (κ2) is 6.57. The van der Waals surface area contributed by atoms with Crippen LogP contribution < -0.4 is 0 Å². The fourth-order valence-electron chi connectivity index (χ4n) is 0.927. The molecular weight excluding hydrogens is 357 g/mol. The minimum absolute atomic E-state index is 0. The molecule has 0 spiro atoms. The molecule has 0 N–H and O–H groups in total. The van der Waals surface area contributed by atoms with Crippen molar-refractivity contribution in [3.8, 4) is 0 Å². The summed E-state index contributed by atoms with van der Waals surface area (Å²) in [5, 5.41) is 0. The Labute approximate surface area is 97.5 Å². The summed E-state index contributed by atoms with van der Waals surface area (Å²) >= 11 is 7.07. The third-order valence-electron chi connectivity index (χ3n) is 1.52. The zero-order valence-corrected chi connectivity index (χ0v) is 11.0. The van der Waals surface area contributed by atoms with Gasteiger partial charge in [-0.3, -0.25) is 0 Å². The maximum Gasteiger partial charge on any atom is 2.00 e. The van der Waals surface area contributed by atoms with Crippen LogP contribution in [0.2, 0.25) is 0 Å². The molecule has 0 amide bonds. The first-order valence-corrected chi connectivity index (χ1v) is 5.07. The summed E-state index contributed by atoms with van der Waals surface area (Å²) in [6.07, 6.45) is 9.10. The number of rotatable bonds is 0. The van der Waals surface area contributed by atoms with E-state index in [2.05, 4.69) is 44.0 Å². The van der Waals surface area contributed by atoms with Crippen LogP contribution in [0.15, 0.2) is 21.1 Å². The maximum absolute atomic E-state index is 3.54. The third-order valence-corrected chi connectivity index (χ3v) is 3.80. The fraction of sp³-hybridized carbons (Fsp3) is 0.500. The van der Waals surface area contributed by atoms with Crippen LogP contribution in [0.5, 0.6) is 0 Å². The Balaban J connectivity index is 0.000001000. The Morgan fingerprint density at radius 1 is 0.909 bits per heavy atom. The topological polar surface area (TPSA) is 0 Å². The van der Waals surface area contributed by atoms with Crippen molar-refractivity contribution < 1.29 is 19.5 Å². The van der Waals surface area contributed by atoms with Gasteiger partial charge in [0.1, 0.15) is 0 Å². The predicted octanol–water partition coefficient (Wildman–Crippen LogP) is 4.12. The molecule has 0 saturated carbocycles. The van der Waals surface area contributed by atoms with Gasteiger partial charge in [-0.1, -0.05) is 44.0 Å². The monoisotopic (exact) mass is 366 g/mol. The first-order chi connectivity index (χ1) is 4.80. The van der Waals surface area contributed by atoms with Crippen molar-refractivity contribution in [1.29, 1.82) is 0 Å². The zero-order chi connectivity index (χ0) is 7.40. The van der Waals surface area contributed by atoms with Crippen molar-refractivity contribution in [1.82, 2.24) is 0 Å². The molecule has 1 aliphatic carbocycles. The van der Waals surface area contributed by atoms with Gasteiger partial charge in [-0.2, -0.15) is 0 Å². The van der Waals surface area contributed by atoms with Gasteiger partial charge in [-0.25, -0.2) is 0 Å². The number of hydrogen-bond acceptors (Lipinski definition) is 0. The van der Waals surface area contributed by atoms with Gasteiger partial charge >= 0.3 is 19.5 Å². The Morgan fingerprint density at radius 3 is 1.64 bits per heavy atom. The molecule has 1 rings (SSSR count). The van der Waals surface area contributed by atoms with E-state index in [4.69, 9.17) is 0 Å². The second-order valence-electron chi connectivity index (χ2n) is 2.36. The quantitative estimate of drug-likeness (QED) is 0.447. The van der Waals surface area contributed by atoms with Gasteiger partial charge < -0.3 is 0 Å². The first kappa shape index (κ1) is 12.1. The summed E-state index contributed by atoms with van der Waals surface area (Å²) in [7, 11) is 0. The summed E-state index contributed by atoms with van der Waals surface area (Å²) in [4.78, 5) is 0. The van der Waals surface area contributed by atoms with E-state index in [1.54, 1.807) is 0 Å². The molecular formula is C8H10Br2Ru+2. The normalized spacial score (nSPS) is 18.7. The van der Waals surface area contributed by atoms with E-state index in [9.17, 15) is 0 Å². The predicted molar refractivity (Wildman–Crippen MR) is 52.5 cm³/mol. The second-order valence-corrected chi connectivity index (χ2v) is 4.27. The van der Waals surface area contributed by atoms with Crippen molar-refractivity contribution in [3.05, 3.63) is 21.1 Å². The fourth-order valence-corrected chi connectivity index (χ4v) is 1.78. The average Bonchev–Trinajstić information content (AvgIpc) is 1.92. The molecule has 0 aromatic carbocycles. The molecule has 1 aliphatic rings. The van der Waals surface area contributed by atoms with Gasteiger partial charge in [0, 0.05) is 8.96 Å². The molecule has 0 radical (unpaired) electrons.